The van der Waals surface area contributed by atoms with Gasteiger partial charge in [-0.25, -0.2) is 9.37 Å². The van der Waals surface area contributed by atoms with Crippen LogP contribution in [0.5, 0.6) is 0 Å². The van der Waals surface area contributed by atoms with Crippen LogP contribution in [0.3, 0.4) is 0 Å². The summed E-state index contributed by atoms with van der Waals surface area (Å²) in [6.45, 7) is 0.689. The van der Waals surface area contributed by atoms with E-state index in [1.807, 2.05) is 29.2 Å². The number of aromatic amines is 1. The van der Waals surface area contributed by atoms with Gasteiger partial charge in [-0.05, 0) is 36.6 Å². The standard InChI is InChI=1S/C19H18FN3O/c20-14-7-2-1-6-13(14)12-18(24)23-11-5-10-17(23)19-21-15-8-3-4-9-16(15)22-19/h1-4,6-9,17H,5,10-12H2,(H,21,22). The van der Waals surface area contributed by atoms with E-state index in [2.05, 4.69) is 9.97 Å². The van der Waals surface area contributed by atoms with E-state index < -0.39 is 0 Å². The Morgan fingerprint density at radius 1 is 1.21 bits per heavy atom. The van der Waals surface area contributed by atoms with Crippen molar-refractivity contribution in [3.8, 4) is 0 Å². The number of nitrogens with one attached hydrogen (secondary N) is 1. The number of aromatic nitrogens is 2. The lowest BCUT2D eigenvalue weighted by Crippen LogP contribution is -2.32. The van der Waals surface area contributed by atoms with Gasteiger partial charge < -0.3 is 9.88 Å². The fourth-order valence-corrected chi connectivity index (χ4v) is 3.39. The first kappa shape index (κ1) is 14.9. The number of carbonyl (C=O) groups is 1. The number of nitrogens with zero attached hydrogens (tertiary/aromatic N) is 2. The molecule has 5 heteroatoms. The first-order valence-corrected chi connectivity index (χ1v) is 8.20. The second-order valence-corrected chi connectivity index (χ2v) is 6.15. The molecular formula is C19H18FN3O. The van der Waals surface area contributed by atoms with E-state index >= 15 is 0 Å². The maximum absolute atomic E-state index is 13.8. The number of carbonyl (C=O) groups excluding carboxylic acids is 1. The third-order valence-electron chi connectivity index (χ3n) is 4.60. The summed E-state index contributed by atoms with van der Waals surface area (Å²) in [6.07, 6.45) is 1.90. The van der Waals surface area contributed by atoms with Crippen molar-refractivity contribution >= 4 is 16.9 Å². The minimum absolute atomic E-state index is 0.0527. The van der Waals surface area contributed by atoms with Gasteiger partial charge in [0.2, 0.25) is 5.91 Å². The summed E-state index contributed by atoms with van der Waals surface area (Å²) < 4.78 is 13.8. The van der Waals surface area contributed by atoms with Crippen LogP contribution in [0.15, 0.2) is 48.5 Å². The van der Waals surface area contributed by atoms with Crippen LogP contribution >= 0.6 is 0 Å². The molecule has 1 atom stereocenters. The minimum atomic E-state index is -0.328. The summed E-state index contributed by atoms with van der Waals surface area (Å²) in [5, 5.41) is 0. The number of para-hydroxylation sites is 2. The molecule has 0 spiro atoms. The molecule has 1 N–H and O–H groups in total. The zero-order valence-corrected chi connectivity index (χ0v) is 13.2. The van der Waals surface area contributed by atoms with Gasteiger partial charge in [0.15, 0.2) is 0 Å². The molecule has 1 aliphatic rings. The number of rotatable bonds is 3. The van der Waals surface area contributed by atoms with Gasteiger partial charge in [-0.1, -0.05) is 30.3 Å². The quantitative estimate of drug-likeness (QED) is 0.800. The highest BCUT2D eigenvalue weighted by Crippen LogP contribution is 2.32. The largest absolute Gasteiger partial charge is 0.340 e. The Morgan fingerprint density at radius 3 is 2.83 bits per heavy atom. The molecule has 1 aromatic heterocycles. The second-order valence-electron chi connectivity index (χ2n) is 6.15. The lowest BCUT2D eigenvalue weighted by Gasteiger charge is -2.23. The number of amides is 1. The maximum atomic E-state index is 13.8. The lowest BCUT2D eigenvalue weighted by atomic mass is 10.1. The van der Waals surface area contributed by atoms with E-state index in [9.17, 15) is 9.18 Å². The number of benzene rings is 2. The number of hydrogen-bond acceptors (Lipinski definition) is 2. The molecule has 2 heterocycles. The second kappa shape index (κ2) is 6.07. The number of H-pyrrole nitrogens is 1. The van der Waals surface area contributed by atoms with Gasteiger partial charge in [0.25, 0.3) is 0 Å². The summed E-state index contributed by atoms with van der Waals surface area (Å²) in [7, 11) is 0. The Kier molecular flexibility index (Phi) is 3.76. The van der Waals surface area contributed by atoms with Crippen molar-refractivity contribution < 1.29 is 9.18 Å². The normalized spacial score (nSPS) is 17.5. The first-order valence-electron chi connectivity index (χ1n) is 8.20. The van der Waals surface area contributed by atoms with Crippen molar-refractivity contribution in [2.45, 2.75) is 25.3 Å². The Balaban J connectivity index is 1.58. The smallest absolute Gasteiger partial charge is 0.227 e. The molecule has 0 bridgehead atoms. The molecule has 1 amide bonds. The minimum Gasteiger partial charge on any atom is -0.340 e. The third kappa shape index (κ3) is 2.66. The van der Waals surface area contributed by atoms with Gasteiger partial charge in [-0.2, -0.15) is 0 Å². The Bertz CT molecular complexity index is 856. The molecule has 4 nitrogen and oxygen atoms in total. The molecule has 0 radical (unpaired) electrons. The highest BCUT2D eigenvalue weighted by molar-refractivity contribution is 5.80. The van der Waals surface area contributed by atoms with E-state index in [-0.39, 0.29) is 24.2 Å². The van der Waals surface area contributed by atoms with Crippen molar-refractivity contribution in [3.63, 3.8) is 0 Å². The van der Waals surface area contributed by atoms with Gasteiger partial charge >= 0.3 is 0 Å². The predicted molar refractivity (Wildman–Crippen MR) is 89.9 cm³/mol. The van der Waals surface area contributed by atoms with Crippen molar-refractivity contribution in [1.29, 1.82) is 0 Å². The molecule has 4 rings (SSSR count). The van der Waals surface area contributed by atoms with Crippen LogP contribution in [-0.4, -0.2) is 27.3 Å². The van der Waals surface area contributed by atoms with Crippen molar-refractivity contribution in [2.24, 2.45) is 0 Å². The SMILES string of the molecule is O=C(Cc1ccccc1F)N1CCCC1c1nc2ccccc2[nH]1. The number of imidazole rings is 1. The summed E-state index contributed by atoms with van der Waals surface area (Å²) in [5.41, 5.74) is 2.32. The number of hydrogen-bond donors (Lipinski definition) is 1. The highest BCUT2D eigenvalue weighted by atomic mass is 19.1. The van der Waals surface area contributed by atoms with E-state index in [4.69, 9.17) is 0 Å². The molecule has 1 saturated heterocycles. The van der Waals surface area contributed by atoms with Gasteiger partial charge in [0.1, 0.15) is 11.6 Å². The molecule has 24 heavy (non-hydrogen) atoms. The van der Waals surface area contributed by atoms with E-state index in [1.54, 1.807) is 18.2 Å². The summed E-state index contributed by atoms with van der Waals surface area (Å²) in [5.74, 6) is 0.434. The van der Waals surface area contributed by atoms with Crippen LogP contribution in [0.4, 0.5) is 4.39 Å². The first-order chi connectivity index (χ1) is 11.7. The Hall–Kier alpha value is -2.69. The van der Waals surface area contributed by atoms with E-state index in [1.165, 1.54) is 6.07 Å². The van der Waals surface area contributed by atoms with Crippen molar-refractivity contribution in [1.82, 2.24) is 14.9 Å². The average molecular weight is 323 g/mol. The molecule has 1 unspecified atom stereocenters. The van der Waals surface area contributed by atoms with Crippen LogP contribution in [0.1, 0.15) is 30.3 Å². The fraction of sp³-hybridized carbons (Fsp3) is 0.263. The molecular weight excluding hydrogens is 305 g/mol. The number of likely N-dealkylation sites (tertiary alicyclic amines) is 1. The molecule has 2 aromatic carbocycles. The van der Waals surface area contributed by atoms with Crippen LogP contribution in [0, 0.1) is 5.82 Å². The molecule has 1 fully saturated rings. The third-order valence-corrected chi connectivity index (χ3v) is 4.60. The molecule has 3 aromatic rings. The number of halogens is 1. The zero-order valence-electron chi connectivity index (χ0n) is 13.2. The van der Waals surface area contributed by atoms with Gasteiger partial charge in [0.05, 0.1) is 23.5 Å². The van der Waals surface area contributed by atoms with E-state index in [0.717, 1.165) is 29.7 Å². The molecule has 0 saturated carbocycles. The van der Waals surface area contributed by atoms with Crippen molar-refractivity contribution in [3.05, 3.63) is 65.7 Å². The summed E-state index contributed by atoms with van der Waals surface area (Å²) >= 11 is 0. The monoisotopic (exact) mass is 323 g/mol. The highest BCUT2D eigenvalue weighted by Gasteiger charge is 2.32. The fourth-order valence-electron chi connectivity index (χ4n) is 3.39. The van der Waals surface area contributed by atoms with Crippen LogP contribution in [-0.2, 0) is 11.2 Å². The van der Waals surface area contributed by atoms with E-state index in [0.29, 0.717) is 12.1 Å². The Labute approximate surface area is 139 Å². The molecule has 1 aliphatic heterocycles. The van der Waals surface area contributed by atoms with Crippen molar-refractivity contribution in [2.75, 3.05) is 6.54 Å². The molecule has 122 valence electrons. The van der Waals surface area contributed by atoms with Crippen LogP contribution in [0.2, 0.25) is 0 Å². The van der Waals surface area contributed by atoms with Gasteiger partial charge in [-0.15, -0.1) is 0 Å². The zero-order chi connectivity index (χ0) is 16.5. The molecule has 0 aliphatic carbocycles. The maximum Gasteiger partial charge on any atom is 0.227 e. The van der Waals surface area contributed by atoms with Gasteiger partial charge in [0, 0.05) is 6.54 Å². The Morgan fingerprint density at radius 2 is 2.00 bits per heavy atom. The summed E-state index contributed by atoms with van der Waals surface area (Å²) in [4.78, 5) is 22.5. The predicted octanol–water partition coefficient (Wildman–Crippen LogP) is 3.61. The lowest BCUT2D eigenvalue weighted by molar-refractivity contribution is -0.131. The summed E-state index contributed by atoms with van der Waals surface area (Å²) in [6, 6.07) is 14.2. The van der Waals surface area contributed by atoms with Gasteiger partial charge in [-0.3, -0.25) is 4.79 Å². The van der Waals surface area contributed by atoms with Crippen LogP contribution in [0.25, 0.3) is 11.0 Å². The van der Waals surface area contributed by atoms with Crippen LogP contribution < -0.4 is 0 Å². The average Bonchev–Trinajstić information content (AvgIpc) is 3.23. The number of fused-ring (bicyclic) bond motifs is 1. The topological polar surface area (TPSA) is 49.0 Å².